The second-order valence-electron chi connectivity index (χ2n) is 12.5. The summed E-state index contributed by atoms with van der Waals surface area (Å²) in [5.41, 5.74) is 5.33. The summed E-state index contributed by atoms with van der Waals surface area (Å²) in [5.74, 6) is -0.903. The molecule has 0 heterocycles. The number of nitrogens with two attached hydrogens (primary N) is 1. The number of carbonyl (C=O) groups excluding carboxylic acids is 2. The Labute approximate surface area is 310 Å². The third-order valence-electron chi connectivity index (χ3n) is 7.67. The minimum absolute atomic E-state index is 0.0410. The highest BCUT2D eigenvalue weighted by Crippen LogP contribution is 2.43. The number of carbonyl (C=O) groups is 2. The number of rotatable bonds is 35. The van der Waals surface area contributed by atoms with Crippen molar-refractivity contribution in [3.05, 3.63) is 72.9 Å². The first-order valence-electron chi connectivity index (χ1n) is 19.5. The monoisotopic (exact) mass is 735 g/mol. The Bertz CT molecular complexity index is 1070. The van der Waals surface area contributed by atoms with Crippen LogP contribution in [-0.4, -0.2) is 49.3 Å². The van der Waals surface area contributed by atoms with E-state index in [2.05, 4.69) is 56.4 Å². The summed E-state index contributed by atoms with van der Waals surface area (Å²) in [6, 6.07) is 0. The van der Waals surface area contributed by atoms with Crippen molar-refractivity contribution in [2.45, 2.75) is 148 Å². The third kappa shape index (κ3) is 37.0. The van der Waals surface area contributed by atoms with Crippen LogP contribution in [0.2, 0.25) is 0 Å². The van der Waals surface area contributed by atoms with Crippen LogP contribution >= 0.6 is 7.82 Å². The molecule has 0 spiro atoms. The van der Waals surface area contributed by atoms with Gasteiger partial charge in [-0.1, -0.05) is 138 Å². The van der Waals surface area contributed by atoms with Crippen LogP contribution in [0.1, 0.15) is 142 Å². The van der Waals surface area contributed by atoms with Gasteiger partial charge in [0.2, 0.25) is 0 Å². The number of allylic oxidation sites excluding steroid dienone is 12. The zero-order valence-corrected chi connectivity index (χ0v) is 32.7. The number of phosphoric acid groups is 1. The molecule has 0 aliphatic heterocycles. The molecule has 0 fully saturated rings. The van der Waals surface area contributed by atoms with Gasteiger partial charge < -0.3 is 20.1 Å². The Morgan fingerprint density at radius 2 is 1.16 bits per heavy atom. The molecule has 0 aromatic carbocycles. The molecular weight excluding hydrogens is 665 g/mol. The molecule has 0 aromatic heterocycles. The van der Waals surface area contributed by atoms with Crippen molar-refractivity contribution in [3.8, 4) is 0 Å². The standard InChI is InChI=1S/C41H70NO8P/c1-3-5-7-9-11-13-15-17-19-21-23-25-27-29-31-33-40(43)47-37-39(38-49-51(45,46)48-36-35-42)50-41(44)34-32-30-28-26-24-22-20-18-16-14-12-10-8-6-4-2/h5,7,9,11,13,15,17-20,24,26,39H,3-4,6,8,10,12,14,16,21-23,25,27-38,42H2,1-2H3,(H,45,46)/b7-5+,11-9+,15-13+,19-17+,20-18+,26-24+/t39-/m1/s1. The molecule has 51 heavy (non-hydrogen) atoms. The molecule has 0 bridgehead atoms. The summed E-state index contributed by atoms with van der Waals surface area (Å²) in [6.45, 7) is 3.49. The predicted molar refractivity (Wildman–Crippen MR) is 210 cm³/mol. The highest BCUT2D eigenvalue weighted by molar-refractivity contribution is 7.47. The Hall–Kier alpha value is -2.55. The Morgan fingerprint density at radius 3 is 1.80 bits per heavy atom. The summed E-state index contributed by atoms with van der Waals surface area (Å²) in [7, 11) is -4.39. The molecule has 292 valence electrons. The van der Waals surface area contributed by atoms with Crippen LogP contribution in [-0.2, 0) is 32.7 Å². The normalized spacial score (nSPS) is 14.2. The second-order valence-corrected chi connectivity index (χ2v) is 14.0. The number of ether oxygens (including phenoxy) is 2. The van der Waals surface area contributed by atoms with Crippen LogP contribution in [0.15, 0.2) is 72.9 Å². The van der Waals surface area contributed by atoms with Gasteiger partial charge in [-0.15, -0.1) is 0 Å². The quantitative estimate of drug-likeness (QED) is 0.0214. The van der Waals surface area contributed by atoms with Crippen molar-refractivity contribution in [1.82, 2.24) is 0 Å². The highest BCUT2D eigenvalue weighted by Gasteiger charge is 2.25. The molecule has 0 saturated carbocycles. The second kappa shape index (κ2) is 37.2. The number of esters is 2. The fraction of sp³-hybridized carbons (Fsp3) is 0.659. The first-order valence-corrected chi connectivity index (χ1v) is 21.0. The molecule has 3 N–H and O–H groups in total. The van der Waals surface area contributed by atoms with Gasteiger partial charge in [0, 0.05) is 19.4 Å². The molecule has 0 aliphatic rings. The van der Waals surface area contributed by atoms with Gasteiger partial charge in [-0.05, 0) is 64.2 Å². The van der Waals surface area contributed by atoms with Crippen LogP contribution in [0.5, 0.6) is 0 Å². The van der Waals surface area contributed by atoms with Crippen molar-refractivity contribution in [3.63, 3.8) is 0 Å². The van der Waals surface area contributed by atoms with Crippen molar-refractivity contribution in [1.29, 1.82) is 0 Å². The molecule has 0 aromatic rings. The number of phosphoric ester groups is 1. The maximum atomic E-state index is 12.5. The van der Waals surface area contributed by atoms with Crippen LogP contribution in [0, 0.1) is 0 Å². The minimum Gasteiger partial charge on any atom is -0.462 e. The highest BCUT2D eigenvalue weighted by atomic mass is 31.2. The van der Waals surface area contributed by atoms with E-state index in [-0.39, 0.29) is 32.6 Å². The van der Waals surface area contributed by atoms with E-state index in [0.717, 1.165) is 64.2 Å². The molecule has 1 unspecified atom stereocenters. The maximum absolute atomic E-state index is 12.5. The van der Waals surface area contributed by atoms with Crippen molar-refractivity contribution in [2.75, 3.05) is 26.4 Å². The third-order valence-corrected chi connectivity index (χ3v) is 8.66. The molecule has 0 saturated heterocycles. The van der Waals surface area contributed by atoms with Gasteiger partial charge >= 0.3 is 19.8 Å². The lowest BCUT2D eigenvalue weighted by molar-refractivity contribution is -0.161. The van der Waals surface area contributed by atoms with Crippen LogP contribution < -0.4 is 5.73 Å². The summed E-state index contributed by atoms with van der Waals surface area (Å²) < 4.78 is 32.6. The van der Waals surface area contributed by atoms with E-state index < -0.39 is 32.5 Å². The van der Waals surface area contributed by atoms with Crippen LogP contribution in [0.25, 0.3) is 0 Å². The Kier molecular flexibility index (Phi) is 35.4. The topological polar surface area (TPSA) is 134 Å². The summed E-state index contributed by atoms with van der Waals surface area (Å²) >= 11 is 0. The first kappa shape index (κ1) is 48.5. The molecule has 10 heteroatoms. The zero-order chi connectivity index (χ0) is 37.5. The van der Waals surface area contributed by atoms with Gasteiger partial charge in [-0.2, -0.15) is 0 Å². The van der Waals surface area contributed by atoms with Gasteiger partial charge in [-0.3, -0.25) is 18.6 Å². The van der Waals surface area contributed by atoms with E-state index in [9.17, 15) is 19.0 Å². The van der Waals surface area contributed by atoms with Gasteiger partial charge in [0.1, 0.15) is 6.61 Å². The fourth-order valence-electron chi connectivity index (χ4n) is 4.79. The Morgan fingerprint density at radius 1 is 0.627 bits per heavy atom. The number of hydrogen-bond donors (Lipinski definition) is 2. The van der Waals surface area contributed by atoms with E-state index in [1.807, 2.05) is 30.4 Å². The molecule has 9 nitrogen and oxygen atoms in total. The van der Waals surface area contributed by atoms with Gasteiger partial charge in [0.05, 0.1) is 13.2 Å². The zero-order valence-electron chi connectivity index (χ0n) is 31.8. The average Bonchev–Trinajstić information content (AvgIpc) is 3.11. The molecule has 0 radical (unpaired) electrons. The van der Waals surface area contributed by atoms with E-state index in [4.69, 9.17) is 24.3 Å². The summed E-state index contributed by atoms with van der Waals surface area (Å²) in [6.07, 6.45) is 43.6. The lowest BCUT2D eigenvalue weighted by Crippen LogP contribution is -2.29. The predicted octanol–water partition coefficient (Wildman–Crippen LogP) is 10.7. The molecule has 0 amide bonds. The molecular formula is C41H70NO8P. The lowest BCUT2D eigenvalue weighted by atomic mass is 10.1. The van der Waals surface area contributed by atoms with E-state index in [1.165, 1.54) is 38.5 Å². The van der Waals surface area contributed by atoms with Crippen molar-refractivity contribution < 1.29 is 37.6 Å². The van der Waals surface area contributed by atoms with Gasteiger partial charge in [0.15, 0.2) is 6.10 Å². The Balaban J connectivity index is 4.33. The van der Waals surface area contributed by atoms with Gasteiger partial charge in [-0.25, -0.2) is 4.57 Å². The van der Waals surface area contributed by atoms with E-state index in [1.54, 1.807) is 0 Å². The molecule has 2 atom stereocenters. The van der Waals surface area contributed by atoms with Crippen LogP contribution in [0.3, 0.4) is 0 Å². The SMILES string of the molecule is CC/C=C/C=C/C=C/C=C/CCCCCCCC(=O)OC[C@H](COP(=O)(O)OCCN)OC(=O)CCCC/C=C/C/C=C/CCCCCCCC. The van der Waals surface area contributed by atoms with E-state index in [0.29, 0.717) is 12.8 Å². The lowest BCUT2D eigenvalue weighted by Gasteiger charge is -2.19. The summed E-state index contributed by atoms with van der Waals surface area (Å²) in [5, 5.41) is 0. The van der Waals surface area contributed by atoms with Crippen LogP contribution in [0.4, 0.5) is 0 Å². The smallest absolute Gasteiger partial charge is 0.462 e. The minimum atomic E-state index is -4.39. The molecule has 0 rings (SSSR count). The average molecular weight is 736 g/mol. The van der Waals surface area contributed by atoms with E-state index >= 15 is 0 Å². The van der Waals surface area contributed by atoms with Crippen molar-refractivity contribution >= 4 is 19.8 Å². The largest absolute Gasteiger partial charge is 0.472 e. The van der Waals surface area contributed by atoms with Gasteiger partial charge in [0.25, 0.3) is 0 Å². The molecule has 0 aliphatic carbocycles. The first-order chi connectivity index (χ1) is 24.8. The summed E-state index contributed by atoms with van der Waals surface area (Å²) in [4.78, 5) is 34.7. The van der Waals surface area contributed by atoms with Crippen molar-refractivity contribution in [2.24, 2.45) is 5.73 Å². The number of hydrogen-bond acceptors (Lipinski definition) is 8. The number of unbranched alkanes of at least 4 members (excludes halogenated alkanes) is 13. The fourth-order valence-corrected chi connectivity index (χ4v) is 5.56. The maximum Gasteiger partial charge on any atom is 0.472 e.